The standard InChI is InChI=1S/C16H17FN4/c1-21(2)11-14-8-12(5-6-15(14)17)10-20-16-13(9-18)4-3-7-19-16/h3-8H,10-11H2,1-2H3,(H,19,20). The summed E-state index contributed by atoms with van der Waals surface area (Å²) >= 11 is 0. The molecule has 1 heterocycles. The minimum atomic E-state index is -0.206. The zero-order valence-corrected chi connectivity index (χ0v) is 12.1. The molecule has 0 aliphatic rings. The summed E-state index contributed by atoms with van der Waals surface area (Å²) in [5.41, 5.74) is 2.09. The Morgan fingerprint density at radius 2 is 2.14 bits per heavy atom. The average Bonchev–Trinajstić information content (AvgIpc) is 2.48. The van der Waals surface area contributed by atoms with E-state index < -0.39 is 0 Å². The van der Waals surface area contributed by atoms with Crippen LogP contribution in [0.5, 0.6) is 0 Å². The van der Waals surface area contributed by atoms with E-state index in [1.807, 2.05) is 25.1 Å². The predicted molar refractivity (Wildman–Crippen MR) is 80.1 cm³/mol. The van der Waals surface area contributed by atoms with Crippen molar-refractivity contribution < 1.29 is 4.39 Å². The summed E-state index contributed by atoms with van der Waals surface area (Å²) in [6.45, 7) is 1.04. The van der Waals surface area contributed by atoms with Crippen LogP contribution in [-0.2, 0) is 13.1 Å². The number of anilines is 1. The summed E-state index contributed by atoms with van der Waals surface area (Å²) < 4.78 is 13.7. The molecular weight excluding hydrogens is 267 g/mol. The summed E-state index contributed by atoms with van der Waals surface area (Å²) in [4.78, 5) is 6.06. The molecule has 0 saturated carbocycles. The van der Waals surface area contributed by atoms with Crippen molar-refractivity contribution in [3.8, 4) is 6.07 Å². The lowest BCUT2D eigenvalue weighted by molar-refractivity contribution is 0.392. The van der Waals surface area contributed by atoms with Gasteiger partial charge in [-0.05, 0) is 43.9 Å². The number of nitrogens with one attached hydrogen (secondary N) is 1. The minimum Gasteiger partial charge on any atom is -0.365 e. The van der Waals surface area contributed by atoms with Crippen LogP contribution in [0.4, 0.5) is 10.2 Å². The smallest absolute Gasteiger partial charge is 0.144 e. The van der Waals surface area contributed by atoms with Crippen molar-refractivity contribution in [1.82, 2.24) is 9.88 Å². The average molecular weight is 284 g/mol. The number of nitrogens with zero attached hydrogens (tertiary/aromatic N) is 3. The Bertz CT molecular complexity index is 662. The van der Waals surface area contributed by atoms with E-state index in [-0.39, 0.29) is 5.82 Å². The molecule has 0 radical (unpaired) electrons. The Morgan fingerprint density at radius 3 is 2.86 bits per heavy atom. The molecule has 108 valence electrons. The van der Waals surface area contributed by atoms with Gasteiger partial charge in [0.2, 0.25) is 0 Å². The van der Waals surface area contributed by atoms with Gasteiger partial charge < -0.3 is 10.2 Å². The van der Waals surface area contributed by atoms with Crippen LogP contribution in [0.2, 0.25) is 0 Å². The van der Waals surface area contributed by atoms with Crippen molar-refractivity contribution in [3.63, 3.8) is 0 Å². The molecule has 0 spiro atoms. The van der Waals surface area contributed by atoms with E-state index in [4.69, 9.17) is 5.26 Å². The Balaban J connectivity index is 2.12. The van der Waals surface area contributed by atoms with Crippen molar-refractivity contribution in [3.05, 3.63) is 59.0 Å². The molecule has 1 aromatic carbocycles. The normalized spacial score (nSPS) is 10.4. The third-order valence-corrected chi connectivity index (χ3v) is 2.98. The van der Waals surface area contributed by atoms with Gasteiger partial charge in [0, 0.05) is 24.8 Å². The zero-order chi connectivity index (χ0) is 15.2. The van der Waals surface area contributed by atoms with Gasteiger partial charge in [0.25, 0.3) is 0 Å². The monoisotopic (exact) mass is 284 g/mol. The summed E-state index contributed by atoms with van der Waals surface area (Å²) in [6.07, 6.45) is 1.63. The summed E-state index contributed by atoms with van der Waals surface area (Å²) in [5.74, 6) is 0.335. The second-order valence-electron chi connectivity index (χ2n) is 5.03. The van der Waals surface area contributed by atoms with Crippen molar-refractivity contribution in [2.75, 3.05) is 19.4 Å². The van der Waals surface area contributed by atoms with Gasteiger partial charge in [0.05, 0.1) is 5.56 Å². The second-order valence-corrected chi connectivity index (χ2v) is 5.03. The van der Waals surface area contributed by atoms with Crippen LogP contribution in [0.15, 0.2) is 36.5 Å². The first-order valence-electron chi connectivity index (χ1n) is 6.61. The van der Waals surface area contributed by atoms with Gasteiger partial charge in [-0.15, -0.1) is 0 Å². The van der Waals surface area contributed by atoms with Gasteiger partial charge in [-0.3, -0.25) is 0 Å². The second kappa shape index (κ2) is 6.82. The van der Waals surface area contributed by atoms with Crippen LogP contribution in [0, 0.1) is 17.1 Å². The lowest BCUT2D eigenvalue weighted by Gasteiger charge is -2.13. The fraction of sp³-hybridized carbons (Fsp3) is 0.250. The molecule has 5 heteroatoms. The molecule has 2 rings (SSSR count). The van der Waals surface area contributed by atoms with E-state index in [9.17, 15) is 4.39 Å². The van der Waals surface area contributed by atoms with Crippen molar-refractivity contribution in [2.45, 2.75) is 13.1 Å². The van der Waals surface area contributed by atoms with Gasteiger partial charge in [-0.25, -0.2) is 9.37 Å². The molecule has 1 N–H and O–H groups in total. The maximum atomic E-state index is 13.7. The fourth-order valence-electron chi connectivity index (χ4n) is 2.02. The van der Waals surface area contributed by atoms with Crippen LogP contribution in [0.3, 0.4) is 0 Å². The molecule has 21 heavy (non-hydrogen) atoms. The molecule has 4 nitrogen and oxygen atoms in total. The third kappa shape index (κ3) is 4.01. The Morgan fingerprint density at radius 1 is 1.33 bits per heavy atom. The minimum absolute atomic E-state index is 0.206. The van der Waals surface area contributed by atoms with Gasteiger partial charge in [0.15, 0.2) is 0 Å². The number of hydrogen-bond donors (Lipinski definition) is 1. The maximum absolute atomic E-state index is 13.7. The highest BCUT2D eigenvalue weighted by Crippen LogP contribution is 2.15. The Kier molecular flexibility index (Phi) is 4.85. The van der Waals surface area contributed by atoms with Gasteiger partial charge in [-0.1, -0.05) is 6.07 Å². The first-order chi connectivity index (χ1) is 10.1. The molecule has 0 saturated heterocycles. The largest absolute Gasteiger partial charge is 0.365 e. The van der Waals surface area contributed by atoms with Crippen LogP contribution >= 0.6 is 0 Å². The van der Waals surface area contributed by atoms with Gasteiger partial charge in [-0.2, -0.15) is 5.26 Å². The van der Waals surface area contributed by atoms with Gasteiger partial charge >= 0.3 is 0 Å². The molecule has 0 amide bonds. The summed E-state index contributed by atoms with van der Waals surface area (Å²) in [5, 5.41) is 12.1. The first-order valence-corrected chi connectivity index (χ1v) is 6.61. The quantitative estimate of drug-likeness (QED) is 0.917. The topological polar surface area (TPSA) is 52.0 Å². The number of rotatable bonds is 5. The molecule has 0 bridgehead atoms. The number of aromatic nitrogens is 1. The third-order valence-electron chi connectivity index (χ3n) is 2.98. The van der Waals surface area contributed by atoms with Crippen molar-refractivity contribution >= 4 is 5.82 Å². The summed E-state index contributed by atoms with van der Waals surface area (Å²) in [7, 11) is 3.80. The van der Waals surface area contributed by atoms with Crippen LogP contribution in [0.1, 0.15) is 16.7 Å². The first kappa shape index (κ1) is 14.9. The number of nitriles is 1. The Hall–Kier alpha value is -2.45. The molecule has 0 fully saturated rings. The van der Waals surface area contributed by atoms with E-state index in [2.05, 4.69) is 16.4 Å². The SMILES string of the molecule is CN(C)Cc1cc(CNc2ncccc2C#N)ccc1F. The lowest BCUT2D eigenvalue weighted by Crippen LogP contribution is -2.12. The van der Waals surface area contributed by atoms with Crippen LogP contribution < -0.4 is 5.32 Å². The van der Waals surface area contributed by atoms with E-state index >= 15 is 0 Å². The number of pyridine rings is 1. The fourth-order valence-corrected chi connectivity index (χ4v) is 2.02. The highest BCUT2D eigenvalue weighted by atomic mass is 19.1. The molecule has 0 aliphatic heterocycles. The zero-order valence-electron chi connectivity index (χ0n) is 12.1. The van der Waals surface area contributed by atoms with E-state index in [0.29, 0.717) is 30.0 Å². The van der Waals surface area contributed by atoms with E-state index in [1.54, 1.807) is 24.4 Å². The summed E-state index contributed by atoms with van der Waals surface area (Å²) in [6, 6.07) is 10.5. The molecular formula is C16H17FN4. The lowest BCUT2D eigenvalue weighted by atomic mass is 10.1. The molecule has 0 unspecified atom stereocenters. The van der Waals surface area contributed by atoms with Crippen molar-refractivity contribution in [2.24, 2.45) is 0 Å². The molecule has 2 aromatic rings. The predicted octanol–water partition coefficient (Wildman–Crippen LogP) is 2.77. The van der Waals surface area contributed by atoms with E-state index in [1.165, 1.54) is 6.07 Å². The number of hydrogen-bond acceptors (Lipinski definition) is 4. The molecule has 0 aliphatic carbocycles. The van der Waals surface area contributed by atoms with Gasteiger partial charge in [0.1, 0.15) is 17.7 Å². The molecule has 0 atom stereocenters. The molecule has 1 aromatic heterocycles. The van der Waals surface area contributed by atoms with Crippen LogP contribution in [0.25, 0.3) is 0 Å². The highest BCUT2D eigenvalue weighted by molar-refractivity contribution is 5.51. The number of benzene rings is 1. The number of halogens is 1. The van der Waals surface area contributed by atoms with Crippen LogP contribution in [-0.4, -0.2) is 24.0 Å². The highest BCUT2D eigenvalue weighted by Gasteiger charge is 2.06. The Labute approximate surface area is 123 Å². The van der Waals surface area contributed by atoms with Crippen molar-refractivity contribution in [1.29, 1.82) is 5.26 Å². The maximum Gasteiger partial charge on any atom is 0.144 e. The van der Waals surface area contributed by atoms with E-state index in [0.717, 1.165) is 5.56 Å².